The molecule has 0 radical (unpaired) electrons. The van der Waals surface area contributed by atoms with Crippen LogP contribution in [0.3, 0.4) is 0 Å². The van der Waals surface area contributed by atoms with Gasteiger partial charge in [-0.1, -0.05) is 42.8 Å². The number of tetrazole rings is 1. The average Bonchev–Trinajstić information content (AvgIpc) is 3.67. The van der Waals surface area contributed by atoms with Gasteiger partial charge in [0, 0.05) is 22.6 Å². The molecular formula is C26H27N5OS. The summed E-state index contributed by atoms with van der Waals surface area (Å²) in [5.74, 6) is 3.09. The van der Waals surface area contributed by atoms with Crippen LogP contribution in [0.2, 0.25) is 0 Å². The average molecular weight is 458 g/mol. The van der Waals surface area contributed by atoms with E-state index in [9.17, 15) is 0 Å². The van der Waals surface area contributed by atoms with Crippen LogP contribution in [0.1, 0.15) is 48.7 Å². The molecule has 0 amide bonds. The fourth-order valence-electron chi connectivity index (χ4n) is 5.93. The van der Waals surface area contributed by atoms with E-state index in [2.05, 4.69) is 68.9 Å². The highest BCUT2D eigenvalue weighted by atomic mass is 32.1. The molecule has 2 aromatic carbocycles. The molecule has 33 heavy (non-hydrogen) atoms. The number of hydrogen-bond acceptors (Lipinski definition) is 6. The lowest BCUT2D eigenvalue weighted by atomic mass is 9.64. The predicted octanol–water partition coefficient (Wildman–Crippen LogP) is 5.50. The highest BCUT2D eigenvalue weighted by Gasteiger charge is 2.52. The van der Waals surface area contributed by atoms with E-state index in [1.165, 1.54) is 36.8 Å². The van der Waals surface area contributed by atoms with E-state index in [1.54, 1.807) is 16.1 Å². The van der Waals surface area contributed by atoms with Crippen molar-refractivity contribution in [3.8, 4) is 17.1 Å². The zero-order valence-electron chi connectivity index (χ0n) is 18.7. The minimum atomic E-state index is 0.0732. The van der Waals surface area contributed by atoms with Gasteiger partial charge in [-0.15, -0.1) is 21.5 Å². The molecule has 2 heterocycles. The van der Waals surface area contributed by atoms with Crippen molar-refractivity contribution in [2.45, 2.75) is 51.2 Å². The predicted molar refractivity (Wildman–Crippen MR) is 128 cm³/mol. The lowest BCUT2D eigenvalue weighted by Crippen LogP contribution is -2.34. The number of aromatic nitrogens is 5. The molecule has 0 N–H and O–H groups in total. The Balaban J connectivity index is 1.29. The molecule has 0 saturated heterocycles. The monoisotopic (exact) mass is 457 g/mol. The van der Waals surface area contributed by atoms with E-state index in [1.807, 2.05) is 18.5 Å². The van der Waals surface area contributed by atoms with Crippen molar-refractivity contribution in [3.05, 3.63) is 76.2 Å². The number of ether oxygens (including phenoxy) is 1. The third-order valence-electron chi connectivity index (χ3n) is 7.46. The topological polar surface area (TPSA) is 65.7 Å². The van der Waals surface area contributed by atoms with Crippen molar-refractivity contribution in [1.29, 1.82) is 0 Å². The van der Waals surface area contributed by atoms with Crippen molar-refractivity contribution >= 4 is 11.3 Å². The van der Waals surface area contributed by atoms with Gasteiger partial charge < -0.3 is 4.74 Å². The molecule has 2 fully saturated rings. The second-order valence-corrected chi connectivity index (χ2v) is 10.1. The summed E-state index contributed by atoms with van der Waals surface area (Å²) < 4.78 is 5.97. The highest BCUT2D eigenvalue weighted by Crippen LogP contribution is 2.60. The maximum atomic E-state index is 5.97. The molecule has 3 atom stereocenters. The Morgan fingerprint density at radius 2 is 1.85 bits per heavy atom. The Morgan fingerprint density at radius 3 is 2.45 bits per heavy atom. The number of nitrogens with zero attached hydrogens (tertiary/aromatic N) is 5. The van der Waals surface area contributed by atoms with Crippen molar-refractivity contribution in [2.24, 2.45) is 11.8 Å². The van der Waals surface area contributed by atoms with Crippen molar-refractivity contribution in [2.75, 3.05) is 0 Å². The second kappa shape index (κ2) is 8.37. The van der Waals surface area contributed by atoms with Crippen LogP contribution < -0.4 is 4.74 Å². The Morgan fingerprint density at radius 1 is 1.06 bits per heavy atom. The van der Waals surface area contributed by atoms with Crippen LogP contribution in [0, 0.1) is 11.8 Å². The molecule has 2 bridgehead atoms. The number of benzene rings is 2. The van der Waals surface area contributed by atoms with Crippen LogP contribution in [0.15, 0.2) is 60.1 Å². The normalized spacial score (nSPS) is 23.8. The van der Waals surface area contributed by atoms with Gasteiger partial charge in [-0.25, -0.2) is 4.98 Å². The maximum absolute atomic E-state index is 5.97. The number of aryl methyl sites for hydroxylation is 1. The minimum absolute atomic E-state index is 0.0732. The molecule has 2 aromatic heterocycles. The van der Waals surface area contributed by atoms with Crippen LogP contribution in [-0.4, -0.2) is 25.2 Å². The molecule has 7 heteroatoms. The molecule has 0 unspecified atom stereocenters. The lowest BCUT2D eigenvalue weighted by molar-refractivity contribution is 0.303. The first-order valence-corrected chi connectivity index (χ1v) is 12.6. The summed E-state index contributed by atoms with van der Waals surface area (Å²) in [4.78, 5) is 5.93. The van der Waals surface area contributed by atoms with Crippen LogP contribution in [0.25, 0.3) is 11.4 Å². The largest absolute Gasteiger partial charge is 0.486 e. The SMILES string of the molecule is CCn1nnc(-c2ccc([C@@]3(c4ccc(OCc5nccs5)cc4)C[C@@H]4CC[C@H]3C4)cc2)n1. The number of hydrogen-bond donors (Lipinski definition) is 0. The van der Waals surface area contributed by atoms with Crippen LogP contribution in [0.4, 0.5) is 0 Å². The third kappa shape index (κ3) is 3.64. The van der Waals surface area contributed by atoms with Gasteiger partial charge in [0.25, 0.3) is 0 Å². The molecule has 0 aliphatic heterocycles. The molecule has 6 nitrogen and oxygen atoms in total. The number of rotatable bonds is 7. The van der Waals surface area contributed by atoms with Crippen molar-refractivity contribution in [3.63, 3.8) is 0 Å². The second-order valence-electron chi connectivity index (χ2n) is 9.17. The first kappa shape index (κ1) is 20.5. The Hall–Kier alpha value is -3.06. The fourth-order valence-corrected chi connectivity index (χ4v) is 6.46. The number of fused-ring (bicyclic) bond motifs is 2. The van der Waals surface area contributed by atoms with E-state index >= 15 is 0 Å². The summed E-state index contributed by atoms with van der Waals surface area (Å²) in [7, 11) is 0. The number of thiazole rings is 1. The van der Waals surface area contributed by atoms with Gasteiger partial charge in [0.15, 0.2) is 0 Å². The third-order valence-corrected chi connectivity index (χ3v) is 8.21. The van der Waals surface area contributed by atoms with E-state index in [-0.39, 0.29) is 5.41 Å². The standard InChI is InChI=1S/C26H27N5OS/c1-2-31-29-25(28-30-31)19-4-7-20(8-5-19)26(16-18-3-6-22(26)15-18)21-9-11-23(12-10-21)32-17-24-27-13-14-33-24/h4-5,7-14,18,22H,2-3,6,15-17H2,1H3/t18-,22+,26-/m1/s1. The summed E-state index contributed by atoms with van der Waals surface area (Å²) >= 11 is 1.62. The first-order valence-electron chi connectivity index (χ1n) is 11.7. The van der Waals surface area contributed by atoms with E-state index in [0.29, 0.717) is 18.3 Å². The summed E-state index contributed by atoms with van der Waals surface area (Å²) in [6.07, 6.45) is 7.04. The first-order chi connectivity index (χ1) is 16.2. The summed E-state index contributed by atoms with van der Waals surface area (Å²) in [6.45, 7) is 3.26. The lowest BCUT2D eigenvalue weighted by Gasteiger charge is -2.39. The molecule has 168 valence electrons. The van der Waals surface area contributed by atoms with Crippen molar-refractivity contribution < 1.29 is 4.74 Å². The van der Waals surface area contributed by atoms with Gasteiger partial charge in [-0.3, -0.25) is 0 Å². The van der Waals surface area contributed by atoms with Crippen molar-refractivity contribution in [1.82, 2.24) is 25.2 Å². The molecule has 2 saturated carbocycles. The Bertz CT molecular complexity index is 1220. The Kier molecular flexibility index (Phi) is 5.21. The quantitative estimate of drug-likeness (QED) is 0.367. The van der Waals surface area contributed by atoms with Gasteiger partial charge in [-0.05, 0) is 66.5 Å². The summed E-state index contributed by atoms with van der Waals surface area (Å²) in [5.41, 5.74) is 3.89. The molecular weight excluding hydrogens is 430 g/mol. The molecule has 2 aliphatic carbocycles. The van der Waals surface area contributed by atoms with E-state index < -0.39 is 0 Å². The van der Waals surface area contributed by atoms with Crippen LogP contribution in [0.5, 0.6) is 5.75 Å². The van der Waals surface area contributed by atoms with Crippen LogP contribution in [-0.2, 0) is 18.6 Å². The van der Waals surface area contributed by atoms with Gasteiger partial charge in [-0.2, -0.15) is 4.80 Å². The highest BCUT2D eigenvalue weighted by molar-refractivity contribution is 7.09. The van der Waals surface area contributed by atoms with E-state index in [0.717, 1.165) is 28.8 Å². The fraction of sp³-hybridized carbons (Fsp3) is 0.385. The minimum Gasteiger partial charge on any atom is -0.486 e. The van der Waals surface area contributed by atoms with Crippen LogP contribution >= 0.6 is 11.3 Å². The van der Waals surface area contributed by atoms with Gasteiger partial charge in [0.2, 0.25) is 5.82 Å². The van der Waals surface area contributed by atoms with Gasteiger partial charge >= 0.3 is 0 Å². The maximum Gasteiger partial charge on any atom is 0.204 e. The summed E-state index contributed by atoms with van der Waals surface area (Å²) in [6, 6.07) is 17.7. The Labute approximate surface area is 197 Å². The molecule has 4 aromatic rings. The van der Waals surface area contributed by atoms with Gasteiger partial charge in [0.05, 0.1) is 6.54 Å². The molecule has 0 spiro atoms. The van der Waals surface area contributed by atoms with E-state index in [4.69, 9.17) is 4.74 Å². The molecule has 6 rings (SSSR count). The molecule has 2 aliphatic rings. The zero-order chi connectivity index (χ0) is 22.3. The summed E-state index contributed by atoms with van der Waals surface area (Å²) in [5, 5.41) is 15.8. The smallest absolute Gasteiger partial charge is 0.204 e. The van der Waals surface area contributed by atoms with Gasteiger partial charge in [0.1, 0.15) is 17.4 Å². The zero-order valence-corrected chi connectivity index (χ0v) is 19.5.